The van der Waals surface area contributed by atoms with Crippen LogP contribution in [0.15, 0.2) is 59.6 Å². The number of anilines is 1. The van der Waals surface area contributed by atoms with Crippen molar-refractivity contribution in [1.82, 2.24) is 5.43 Å². The van der Waals surface area contributed by atoms with Crippen molar-refractivity contribution in [3.05, 3.63) is 65.7 Å². The van der Waals surface area contributed by atoms with E-state index in [0.717, 1.165) is 17.7 Å². The molecule has 0 fully saturated rings. The predicted molar refractivity (Wildman–Crippen MR) is 94.6 cm³/mol. The van der Waals surface area contributed by atoms with Crippen molar-refractivity contribution in [1.29, 1.82) is 0 Å². The van der Waals surface area contributed by atoms with Crippen molar-refractivity contribution < 1.29 is 13.2 Å². The first-order chi connectivity index (χ1) is 10.9. The number of aliphatic imine (C=N–C) groups is 1. The van der Waals surface area contributed by atoms with E-state index >= 15 is 0 Å². The summed E-state index contributed by atoms with van der Waals surface area (Å²) in [4.78, 5) is 4.18. The van der Waals surface area contributed by atoms with E-state index in [-0.39, 0.29) is 0 Å². The first kappa shape index (κ1) is 17.6. The van der Waals surface area contributed by atoms with Crippen LogP contribution in [0.1, 0.15) is 11.1 Å². The maximum Gasteiger partial charge on any atom is 0.416 e. The lowest BCUT2D eigenvalue weighted by atomic mass is 10.1. The van der Waals surface area contributed by atoms with Gasteiger partial charge in [-0.15, -0.1) is 0 Å². The summed E-state index contributed by atoms with van der Waals surface area (Å²) < 4.78 is 39.3. The zero-order valence-corrected chi connectivity index (χ0v) is 14.5. The summed E-state index contributed by atoms with van der Waals surface area (Å²) in [6.45, 7) is 0. The molecule has 0 bridgehead atoms. The molecule has 3 nitrogen and oxygen atoms in total. The van der Waals surface area contributed by atoms with Crippen LogP contribution in [0.3, 0.4) is 0 Å². The molecule has 0 amide bonds. The van der Waals surface area contributed by atoms with E-state index in [1.807, 2.05) is 53.2 Å². The van der Waals surface area contributed by atoms with E-state index in [0.29, 0.717) is 17.9 Å². The van der Waals surface area contributed by atoms with E-state index in [1.165, 1.54) is 12.1 Å². The van der Waals surface area contributed by atoms with Gasteiger partial charge in [0.1, 0.15) is 5.84 Å². The zero-order valence-electron chi connectivity index (χ0n) is 12.3. The highest BCUT2D eigenvalue weighted by Crippen LogP contribution is 2.30. The Morgan fingerprint density at radius 3 is 2.22 bits per heavy atom. The zero-order chi connectivity index (χ0) is 16.9. The molecule has 0 heterocycles. The van der Waals surface area contributed by atoms with Gasteiger partial charge in [0.2, 0.25) is 0 Å². The molecule has 0 spiro atoms. The largest absolute Gasteiger partial charge is 0.416 e. The summed E-state index contributed by atoms with van der Waals surface area (Å²) in [5, 5.41) is 0. The third-order valence-electron chi connectivity index (χ3n) is 3.13. The topological polar surface area (TPSA) is 27.6 Å². The van der Waals surface area contributed by atoms with Crippen molar-refractivity contribution in [3.8, 4) is 0 Å². The smallest absolute Gasteiger partial charge is 0.276 e. The molecule has 0 atom stereocenters. The average Bonchev–Trinajstić information content (AvgIpc) is 2.54. The fourth-order valence-electron chi connectivity index (χ4n) is 1.92. The average molecular weight is 433 g/mol. The second-order valence-corrected chi connectivity index (χ2v) is 5.73. The highest BCUT2D eigenvalue weighted by Gasteiger charge is 2.30. The predicted octanol–water partition coefficient (Wildman–Crippen LogP) is 4.64. The number of alkyl halides is 3. The molecule has 0 aliphatic heterocycles. The van der Waals surface area contributed by atoms with E-state index in [4.69, 9.17) is 0 Å². The van der Waals surface area contributed by atoms with Gasteiger partial charge in [-0.2, -0.15) is 13.2 Å². The van der Waals surface area contributed by atoms with Gasteiger partial charge in [0.25, 0.3) is 0 Å². The third-order valence-corrected chi connectivity index (χ3v) is 3.93. The van der Waals surface area contributed by atoms with Crippen LogP contribution in [-0.2, 0) is 12.6 Å². The Bertz CT molecular complexity index is 655. The second-order valence-electron chi connectivity index (χ2n) is 4.77. The van der Waals surface area contributed by atoms with E-state index in [1.54, 1.807) is 10.3 Å². The Labute approximate surface area is 146 Å². The summed E-state index contributed by atoms with van der Waals surface area (Å²) in [6, 6.07) is 14.7. The lowest BCUT2D eigenvalue weighted by Crippen LogP contribution is -2.36. The van der Waals surface area contributed by atoms with Crippen molar-refractivity contribution in [2.24, 2.45) is 4.99 Å². The minimum atomic E-state index is -4.33. The van der Waals surface area contributed by atoms with Crippen LogP contribution in [-0.4, -0.2) is 12.9 Å². The minimum Gasteiger partial charge on any atom is -0.276 e. The van der Waals surface area contributed by atoms with Crippen LogP contribution in [0.5, 0.6) is 0 Å². The molecule has 2 aromatic rings. The molecule has 122 valence electrons. The van der Waals surface area contributed by atoms with Gasteiger partial charge in [0.15, 0.2) is 0 Å². The number of rotatable bonds is 4. The van der Waals surface area contributed by atoms with Gasteiger partial charge < -0.3 is 0 Å². The second kappa shape index (κ2) is 7.67. The molecule has 0 radical (unpaired) electrons. The van der Waals surface area contributed by atoms with Crippen LogP contribution in [0.2, 0.25) is 0 Å². The number of hydrazine groups is 1. The van der Waals surface area contributed by atoms with Crippen LogP contribution < -0.4 is 8.65 Å². The Morgan fingerprint density at radius 1 is 1.09 bits per heavy atom. The standard InChI is InChI=1S/C16H15F3IN3/c1-21-15(11-12-5-3-2-4-6-12)22-23(20)14-9-7-13(8-10-14)16(17,18)19/h2-10H,11H2,1H3,(H,21,22). The normalized spacial score (nSPS) is 12.1. The molecule has 0 aliphatic carbocycles. The summed E-state index contributed by atoms with van der Waals surface area (Å²) in [7, 11) is 1.67. The lowest BCUT2D eigenvalue weighted by molar-refractivity contribution is -0.137. The number of hydrogen-bond donors (Lipinski definition) is 1. The van der Waals surface area contributed by atoms with E-state index < -0.39 is 11.7 Å². The number of hydrogen-bond acceptors (Lipinski definition) is 2. The van der Waals surface area contributed by atoms with Gasteiger partial charge in [0, 0.05) is 13.5 Å². The Balaban J connectivity index is 2.04. The van der Waals surface area contributed by atoms with Crippen LogP contribution in [0, 0.1) is 0 Å². The Hall–Kier alpha value is -1.77. The highest BCUT2D eigenvalue weighted by molar-refractivity contribution is 14.1. The molecule has 0 aromatic heterocycles. The number of amidine groups is 1. The number of halogens is 4. The Morgan fingerprint density at radius 2 is 1.70 bits per heavy atom. The first-order valence-electron chi connectivity index (χ1n) is 6.79. The Kier molecular flexibility index (Phi) is 5.86. The lowest BCUT2D eigenvalue weighted by Gasteiger charge is -2.20. The van der Waals surface area contributed by atoms with Gasteiger partial charge in [-0.05, 0) is 29.8 Å². The summed E-state index contributed by atoms with van der Waals surface area (Å²) >= 11 is 1.98. The number of nitrogens with zero attached hydrogens (tertiary/aromatic N) is 2. The first-order valence-corrected chi connectivity index (χ1v) is 7.76. The summed E-state index contributed by atoms with van der Waals surface area (Å²) in [5.74, 6) is 0.713. The van der Waals surface area contributed by atoms with Gasteiger partial charge in [-0.3, -0.25) is 10.4 Å². The quantitative estimate of drug-likeness (QED) is 0.250. The third kappa shape index (κ3) is 5.12. The van der Waals surface area contributed by atoms with Crippen molar-refractivity contribution >= 4 is 34.4 Å². The summed E-state index contributed by atoms with van der Waals surface area (Å²) in [5.41, 5.74) is 4.11. The molecule has 2 rings (SSSR count). The number of benzene rings is 2. The van der Waals surface area contributed by atoms with Crippen LogP contribution >= 0.6 is 22.9 Å². The molecule has 0 saturated carbocycles. The maximum atomic E-state index is 12.6. The molecular weight excluding hydrogens is 418 g/mol. The van der Waals surface area contributed by atoms with Crippen molar-refractivity contribution in [2.75, 3.05) is 10.3 Å². The van der Waals surface area contributed by atoms with Crippen LogP contribution in [0.4, 0.5) is 18.9 Å². The maximum absolute atomic E-state index is 12.6. The van der Waals surface area contributed by atoms with Crippen molar-refractivity contribution in [2.45, 2.75) is 12.6 Å². The monoisotopic (exact) mass is 433 g/mol. The molecule has 0 unspecified atom stereocenters. The molecular formula is C16H15F3IN3. The van der Waals surface area contributed by atoms with E-state index in [2.05, 4.69) is 10.4 Å². The molecule has 1 N–H and O–H groups in total. The molecule has 0 aliphatic rings. The molecule has 0 saturated heterocycles. The van der Waals surface area contributed by atoms with Crippen LogP contribution in [0.25, 0.3) is 0 Å². The van der Waals surface area contributed by atoms with Crippen molar-refractivity contribution in [3.63, 3.8) is 0 Å². The van der Waals surface area contributed by atoms with Gasteiger partial charge in [-0.25, -0.2) is 3.22 Å². The fourth-order valence-corrected chi connectivity index (χ4v) is 2.52. The fraction of sp³-hybridized carbons (Fsp3) is 0.188. The highest BCUT2D eigenvalue weighted by atomic mass is 127. The van der Waals surface area contributed by atoms with Gasteiger partial charge in [0.05, 0.1) is 34.1 Å². The van der Waals surface area contributed by atoms with E-state index in [9.17, 15) is 13.2 Å². The molecule has 23 heavy (non-hydrogen) atoms. The summed E-state index contributed by atoms with van der Waals surface area (Å²) in [6.07, 6.45) is -3.72. The molecule has 7 heteroatoms. The molecule has 2 aromatic carbocycles. The number of nitrogens with one attached hydrogen (secondary N) is 1. The minimum absolute atomic E-state index is 0.604. The van der Waals surface area contributed by atoms with Gasteiger partial charge in [-0.1, -0.05) is 30.3 Å². The SMILES string of the molecule is CN=C(Cc1ccccc1)NN(I)c1ccc(C(F)(F)F)cc1. The van der Waals surface area contributed by atoms with Gasteiger partial charge >= 0.3 is 6.18 Å².